The Morgan fingerprint density at radius 1 is 1.06 bits per heavy atom. The van der Waals surface area contributed by atoms with Gasteiger partial charge in [-0.05, 0) is 30.6 Å². The van der Waals surface area contributed by atoms with E-state index in [9.17, 15) is 0 Å². The molecule has 4 heteroatoms. The lowest BCUT2D eigenvalue weighted by Crippen LogP contribution is -2.23. The molecule has 0 aromatic heterocycles. The predicted molar refractivity (Wildman–Crippen MR) is 72.8 cm³/mol. The van der Waals surface area contributed by atoms with E-state index in [2.05, 4.69) is 22.9 Å². The van der Waals surface area contributed by atoms with Crippen molar-refractivity contribution in [2.45, 2.75) is 26.2 Å². The summed E-state index contributed by atoms with van der Waals surface area (Å²) in [6.07, 6.45) is 3.92. The van der Waals surface area contributed by atoms with E-state index in [0.29, 0.717) is 31.8 Å². The van der Waals surface area contributed by atoms with E-state index < -0.39 is 0 Å². The van der Waals surface area contributed by atoms with Crippen molar-refractivity contribution in [3.63, 3.8) is 0 Å². The Hall–Kier alpha value is 0.360. The van der Waals surface area contributed by atoms with Crippen LogP contribution in [0.15, 0.2) is 0 Å². The minimum atomic E-state index is 0.427. The summed E-state index contributed by atoms with van der Waals surface area (Å²) < 4.78 is 15.8. The van der Waals surface area contributed by atoms with Gasteiger partial charge in [0, 0.05) is 19.0 Å². The fourth-order valence-corrected chi connectivity index (χ4v) is 2.67. The number of methoxy groups -OCH3 is 1. The Morgan fingerprint density at radius 3 is 2.18 bits per heavy atom. The number of alkyl halides is 1. The van der Waals surface area contributed by atoms with Gasteiger partial charge in [-0.3, -0.25) is 0 Å². The first kappa shape index (κ1) is 15.4. The average Bonchev–Trinajstić information content (AvgIpc) is 3.16. The lowest BCUT2D eigenvalue weighted by atomic mass is 9.84. The van der Waals surface area contributed by atoms with Crippen molar-refractivity contribution < 1.29 is 14.2 Å². The largest absolute Gasteiger partial charge is 0.382 e. The molecule has 0 aliphatic heterocycles. The molecule has 0 amide bonds. The van der Waals surface area contributed by atoms with Crippen LogP contribution in [0.25, 0.3) is 0 Å². The summed E-state index contributed by atoms with van der Waals surface area (Å²) in [7, 11) is 1.68. The van der Waals surface area contributed by atoms with E-state index in [-0.39, 0.29) is 0 Å². The lowest BCUT2D eigenvalue weighted by molar-refractivity contribution is 0.0176. The van der Waals surface area contributed by atoms with Gasteiger partial charge in [-0.2, -0.15) is 0 Å². The van der Waals surface area contributed by atoms with Crippen LogP contribution in [0.4, 0.5) is 0 Å². The van der Waals surface area contributed by atoms with E-state index in [1.165, 1.54) is 12.8 Å². The van der Waals surface area contributed by atoms with E-state index in [1.807, 2.05) is 0 Å². The molecule has 3 nitrogen and oxygen atoms in total. The molecule has 0 aromatic carbocycles. The van der Waals surface area contributed by atoms with E-state index in [4.69, 9.17) is 14.2 Å². The van der Waals surface area contributed by atoms with Crippen LogP contribution in [0.3, 0.4) is 0 Å². The molecule has 1 aliphatic rings. The van der Waals surface area contributed by atoms with Gasteiger partial charge in [0.15, 0.2) is 0 Å². The molecule has 102 valence electrons. The standard InChI is InChI=1S/C13H25BrO3/c1-13(11-14,12-3-4-12)5-6-16-9-10-17-8-7-15-2/h12H,3-11H2,1-2H3. The maximum absolute atomic E-state index is 5.60. The molecule has 0 N–H and O–H groups in total. The molecule has 0 bridgehead atoms. The Kier molecular flexibility index (Phi) is 7.67. The van der Waals surface area contributed by atoms with Crippen molar-refractivity contribution in [1.82, 2.24) is 0 Å². The number of hydrogen-bond donors (Lipinski definition) is 0. The van der Waals surface area contributed by atoms with Gasteiger partial charge in [-0.1, -0.05) is 22.9 Å². The van der Waals surface area contributed by atoms with Crippen LogP contribution in [0.2, 0.25) is 0 Å². The Labute approximate surface area is 113 Å². The SMILES string of the molecule is COCCOCCOCCC(C)(CBr)C1CC1. The normalized spacial score (nSPS) is 19.2. The van der Waals surface area contributed by atoms with Gasteiger partial charge in [-0.15, -0.1) is 0 Å². The van der Waals surface area contributed by atoms with Gasteiger partial charge in [0.1, 0.15) is 0 Å². The summed E-state index contributed by atoms with van der Waals surface area (Å²) in [6, 6.07) is 0. The number of hydrogen-bond acceptors (Lipinski definition) is 3. The van der Waals surface area contributed by atoms with E-state index in [1.54, 1.807) is 7.11 Å². The molecule has 1 saturated carbocycles. The molecule has 0 aromatic rings. The number of ether oxygens (including phenoxy) is 3. The van der Waals surface area contributed by atoms with Crippen molar-refractivity contribution in [2.75, 3.05) is 45.5 Å². The second-order valence-electron chi connectivity index (χ2n) is 5.03. The van der Waals surface area contributed by atoms with E-state index in [0.717, 1.165) is 24.3 Å². The third-order valence-corrected chi connectivity index (χ3v) is 4.77. The molecule has 1 rings (SSSR count). The quantitative estimate of drug-likeness (QED) is 0.434. The molecular weight excluding hydrogens is 284 g/mol. The van der Waals surface area contributed by atoms with E-state index >= 15 is 0 Å². The number of rotatable bonds is 11. The van der Waals surface area contributed by atoms with Crippen LogP contribution in [-0.2, 0) is 14.2 Å². The fraction of sp³-hybridized carbons (Fsp3) is 1.00. The highest BCUT2D eigenvalue weighted by Gasteiger charge is 2.40. The summed E-state index contributed by atoms with van der Waals surface area (Å²) in [4.78, 5) is 0. The molecule has 1 atom stereocenters. The molecule has 0 radical (unpaired) electrons. The highest BCUT2D eigenvalue weighted by molar-refractivity contribution is 9.09. The topological polar surface area (TPSA) is 27.7 Å². The second-order valence-corrected chi connectivity index (χ2v) is 5.59. The molecule has 17 heavy (non-hydrogen) atoms. The third kappa shape index (κ3) is 6.18. The van der Waals surface area contributed by atoms with Gasteiger partial charge in [0.2, 0.25) is 0 Å². The van der Waals surface area contributed by atoms with Crippen LogP contribution in [0, 0.1) is 11.3 Å². The third-order valence-electron chi connectivity index (χ3n) is 3.49. The zero-order valence-electron chi connectivity index (χ0n) is 11.0. The second kappa shape index (κ2) is 8.46. The van der Waals surface area contributed by atoms with Crippen molar-refractivity contribution in [2.24, 2.45) is 11.3 Å². The predicted octanol–water partition coefficient (Wildman–Crippen LogP) is 2.87. The average molecular weight is 309 g/mol. The maximum atomic E-state index is 5.60. The minimum Gasteiger partial charge on any atom is -0.382 e. The highest BCUT2D eigenvalue weighted by atomic mass is 79.9. The van der Waals surface area contributed by atoms with Gasteiger partial charge in [0.25, 0.3) is 0 Å². The molecule has 1 fully saturated rings. The zero-order chi connectivity index (χ0) is 12.6. The molecule has 0 heterocycles. The molecular formula is C13H25BrO3. The fourth-order valence-electron chi connectivity index (χ4n) is 1.93. The Bertz CT molecular complexity index is 197. The Morgan fingerprint density at radius 2 is 1.65 bits per heavy atom. The van der Waals surface area contributed by atoms with Gasteiger partial charge in [0.05, 0.1) is 26.4 Å². The molecule has 1 unspecified atom stereocenters. The van der Waals surface area contributed by atoms with Gasteiger partial charge < -0.3 is 14.2 Å². The first-order valence-corrected chi connectivity index (χ1v) is 7.55. The highest BCUT2D eigenvalue weighted by Crippen LogP contribution is 2.48. The van der Waals surface area contributed by atoms with Gasteiger partial charge in [-0.25, -0.2) is 0 Å². The first-order valence-electron chi connectivity index (χ1n) is 6.43. The maximum Gasteiger partial charge on any atom is 0.0701 e. The Balaban J connectivity index is 1.92. The summed E-state index contributed by atoms with van der Waals surface area (Å²) >= 11 is 3.63. The monoisotopic (exact) mass is 308 g/mol. The van der Waals surface area contributed by atoms with Gasteiger partial charge >= 0.3 is 0 Å². The number of halogens is 1. The smallest absolute Gasteiger partial charge is 0.0701 e. The van der Waals surface area contributed by atoms with Crippen LogP contribution < -0.4 is 0 Å². The molecule has 0 spiro atoms. The summed E-state index contributed by atoms with van der Waals surface area (Å²) in [5.41, 5.74) is 0.427. The van der Waals surface area contributed by atoms with Crippen molar-refractivity contribution in [1.29, 1.82) is 0 Å². The molecule has 1 aliphatic carbocycles. The lowest BCUT2D eigenvalue weighted by Gasteiger charge is -2.27. The summed E-state index contributed by atoms with van der Waals surface area (Å²) in [5, 5.41) is 1.08. The van der Waals surface area contributed by atoms with Crippen molar-refractivity contribution in [3.05, 3.63) is 0 Å². The zero-order valence-corrected chi connectivity index (χ0v) is 12.6. The van der Waals surface area contributed by atoms with Crippen LogP contribution in [0.1, 0.15) is 26.2 Å². The van der Waals surface area contributed by atoms with Crippen molar-refractivity contribution >= 4 is 15.9 Å². The summed E-state index contributed by atoms with van der Waals surface area (Å²) in [5.74, 6) is 0.906. The van der Waals surface area contributed by atoms with Crippen LogP contribution >= 0.6 is 15.9 Å². The first-order chi connectivity index (χ1) is 8.23. The van der Waals surface area contributed by atoms with Crippen molar-refractivity contribution in [3.8, 4) is 0 Å². The van der Waals surface area contributed by atoms with Crippen LogP contribution in [-0.4, -0.2) is 45.5 Å². The molecule has 0 saturated heterocycles. The van der Waals surface area contributed by atoms with Crippen LogP contribution in [0.5, 0.6) is 0 Å². The summed E-state index contributed by atoms with van der Waals surface area (Å²) in [6.45, 7) is 5.86. The minimum absolute atomic E-state index is 0.427.